The van der Waals surface area contributed by atoms with E-state index in [1.807, 2.05) is 13.8 Å². The summed E-state index contributed by atoms with van der Waals surface area (Å²) in [5.74, 6) is -10.7. The number of carbonyl (C=O) groups excluding carboxylic acids is 8. The van der Waals surface area contributed by atoms with Crippen molar-refractivity contribution in [3.05, 3.63) is 0 Å². The molecule has 74 heavy (non-hydrogen) atoms. The number of hydrogen-bond acceptors (Lipinski definition) is 11. The second-order valence-corrected chi connectivity index (χ2v) is 22.1. The molecule has 0 spiro atoms. The molecule has 0 bridgehead atoms. The van der Waals surface area contributed by atoms with Crippen molar-refractivity contribution in [2.45, 2.75) is 253 Å². The Morgan fingerprint density at radius 3 is 1.22 bits per heavy atom. The topological polar surface area (TPSA) is 305 Å². The number of rotatable bonds is 26. The quantitative estimate of drug-likeness (QED) is 0.0378. The highest BCUT2D eigenvalue weighted by Crippen LogP contribution is 2.20. The van der Waals surface area contributed by atoms with Crippen LogP contribution in [0.2, 0.25) is 0 Å². The lowest BCUT2D eigenvalue weighted by Gasteiger charge is -2.29. The maximum absolute atomic E-state index is 14.3. The summed E-state index contributed by atoms with van der Waals surface area (Å²) in [5, 5.41) is 38.1. The van der Waals surface area contributed by atoms with E-state index in [0.29, 0.717) is 12.8 Å². The number of esters is 1. The molecule has 0 aromatic carbocycles. The van der Waals surface area contributed by atoms with E-state index in [-0.39, 0.29) is 62.2 Å². The Morgan fingerprint density at radius 1 is 0.473 bits per heavy atom. The Labute approximate surface area is 440 Å². The SMILES string of the molecule is CCCCCCCCCCCCC1CC(=O)NC(CCC(=O)O)C(=O)NC(CC(C)C)C(=O)NC(CC(C)C)C(=O)NC(CC(C)C)C(=O)NC(CC(=O)O)C(=O)NC(CC(C)C)C(=O)NC(C(C)CC)C(=O)O1. The van der Waals surface area contributed by atoms with Crippen LogP contribution in [0.4, 0.5) is 0 Å². The van der Waals surface area contributed by atoms with Gasteiger partial charge in [0.15, 0.2) is 0 Å². The number of amides is 7. The fourth-order valence-corrected chi connectivity index (χ4v) is 8.78. The minimum Gasteiger partial charge on any atom is -0.481 e. The van der Waals surface area contributed by atoms with E-state index in [4.69, 9.17) is 4.74 Å². The number of cyclic esters (lactones) is 1. The summed E-state index contributed by atoms with van der Waals surface area (Å²) in [6, 6.07) is -9.62. The summed E-state index contributed by atoms with van der Waals surface area (Å²) < 4.78 is 6.07. The number of carboxylic acids is 2. The molecule has 1 aliphatic rings. The van der Waals surface area contributed by atoms with Crippen LogP contribution in [0.3, 0.4) is 0 Å². The van der Waals surface area contributed by atoms with Gasteiger partial charge in [0.25, 0.3) is 0 Å². The third kappa shape index (κ3) is 27.8. The van der Waals surface area contributed by atoms with E-state index >= 15 is 0 Å². The number of nitrogens with one attached hydrogen (secondary N) is 7. The second-order valence-electron chi connectivity index (χ2n) is 22.1. The zero-order valence-corrected chi connectivity index (χ0v) is 46.5. The molecule has 0 aromatic rings. The van der Waals surface area contributed by atoms with Crippen LogP contribution in [0.1, 0.15) is 205 Å². The average Bonchev–Trinajstić information content (AvgIpc) is 3.29. The van der Waals surface area contributed by atoms with E-state index in [1.165, 1.54) is 19.3 Å². The monoisotopic (exact) mass is 1050 g/mol. The summed E-state index contributed by atoms with van der Waals surface area (Å²) in [4.78, 5) is 137. The summed E-state index contributed by atoms with van der Waals surface area (Å²) in [6.45, 7) is 20.1. The fraction of sp³-hybridized carbons (Fsp3) is 0.815. The van der Waals surface area contributed by atoms with Gasteiger partial charge in [-0.25, -0.2) is 4.79 Å². The lowest BCUT2D eigenvalue weighted by atomic mass is 9.97. The van der Waals surface area contributed by atoms with Crippen molar-refractivity contribution >= 4 is 59.3 Å². The van der Waals surface area contributed by atoms with Crippen LogP contribution in [0, 0.1) is 29.6 Å². The lowest BCUT2D eigenvalue weighted by Crippen LogP contribution is -2.60. The molecular weight excluding hydrogens is 955 g/mol. The molecule has 0 aromatic heterocycles. The van der Waals surface area contributed by atoms with Crippen molar-refractivity contribution < 1.29 is 62.9 Å². The molecule has 9 unspecified atom stereocenters. The highest BCUT2D eigenvalue weighted by atomic mass is 16.5. The molecule has 9 N–H and O–H groups in total. The van der Waals surface area contributed by atoms with E-state index in [0.717, 1.165) is 38.5 Å². The van der Waals surface area contributed by atoms with Crippen LogP contribution < -0.4 is 37.2 Å². The normalized spacial score (nSPS) is 24.1. The molecule has 0 radical (unpaired) electrons. The lowest BCUT2D eigenvalue weighted by molar-refractivity contribution is -0.156. The number of carboxylic acid groups (broad SMARTS) is 2. The van der Waals surface area contributed by atoms with Crippen molar-refractivity contribution in [2.75, 3.05) is 0 Å². The van der Waals surface area contributed by atoms with Gasteiger partial charge in [-0.1, -0.05) is 140 Å². The van der Waals surface area contributed by atoms with Crippen molar-refractivity contribution in [3.8, 4) is 0 Å². The highest BCUT2D eigenvalue weighted by Gasteiger charge is 2.37. The molecule has 424 valence electrons. The minimum absolute atomic E-state index is 0.0302. The third-order valence-corrected chi connectivity index (χ3v) is 13.0. The number of aliphatic carboxylic acids is 2. The van der Waals surface area contributed by atoms with Gasteiger partial charge in [0.1, 0.15) is 48.4 Å². The fourth-order valence-electron chi connectivity index (χ4n) is 8.78. The van der Waals surface area contributed by atoms with Crippen molar-refractivity contribution in [1.82, 2.24) is 37.2 Å². The molecule has 7 amide bonds. The second kappa shape index (κ2) is 35.8. The third-order valence-electron chi connectivity index (χ3n) is 13.0. The molecular formula is C54H95N7O13. The predicted molar refractivity (Wildman–Crippen MR) is 281 cm³/mol. The molecule has 1 fully saturated rings. The zero-order chi connectivity index (χ0) is 56.1. The Morgan fingerprint density at radius 2 is 0.838 bits per heavy atom. The Bertz CT molecular complexity index is 1810. The first kappa shape index (κ1) is 66.7. The molecule has 1 heterocycles. The largest absolute Gasteiger partial charge is 0.481 e. The molecule has 1 rings (SSSR count). The summed E-state index contributed by atoms with van der Waals surface area (Å²) in [6.07, 6.45) is 7.85. The van der Waals surface area contributed by atoms with Crippen LogP contribution in [-0.4, -0.2) is 118 Å². The summed E-state index contributed by atoms with van der Waals surface area (Å²) in [7, 11) is 0. The number of carbonyl (C=O) groups is 10. The first-order chi connectivity index (χ1) is 34.8. The molecule has 0 saturated carbocycles. The van der Waals surface area contributed by atoms with Gasteiger partial charge in [0, 0.05) is 6.42 Å². The van der Waals surface area contributed by atoms with Gasteiger partial charge < -0.3 is 52.2 Å². The Balaban J connectivity index is 3.98. The number of ether oxygens (including phenoxy) is 1. The minimum atomic E-state index is -1.72. The van der Waals surface area contributed by atoms with E-state index in [1.54, 1.807) is 55.4 Å². The average molecular weight is 1050 g/mol. The van der Waals surface area contributed by atoms with E-state index in [9.17, 15) is 58.2 Å². The zero-order valence-electron chi connectivity index (χ0n) is 46.5. The van der Waals surface area contributed by atoms with E-state index in [2.05, 4.69) is 44.1 Å². The molecule has 9 atom stereocenters. The van der Waals surface area contributed by atoms with Gasteiger partial charge in [0.2, 0.25) is 41.4 Å². The molecule has 1 aliphatic heterocycles. The van der Waals surface area contributed by atoms with Gasteiger partial charge >= 0.3 is 17.9 Å². The van der Waals surface area contributed by atoms with Crippen LogP contribution in [0.25, 0.3) is 0 Å². The maximum Gasteiger partial charge on any atom is 0.329 e. The summed E-state index contributed by atoms with van der Waals surface area (Å²) >= 11 is 0. The Hall–Kier alpha value is -5.30. The molecule has 20 nitrogen and oxygen atoms in total. The van der Waals surface area contributed by atoms with Crippen LogP contribution >= 0.6 is 0 Å². The van der Waals surface area contributed by atoms with Crippen molar-refractivity contribution in [3.63, 3.8) is 0 Å². The van der Waals surface area contributed by atoms with Gasteiger partial charge in [-0.3, -0.25) is 43.2 Å². The first-order valence-electron chi connectivity index (χ1n) is 27.5. The maximum atomic E-state index is 14.3. The van der Waals surface area contributed by atoms with Crippen LogP contribution in [0.5, 0.6) is 0 Å². The van der Waals surface area contributed by atoms with Gasteiger partial charge in [-0.2, -0.15) is 0 Å². The van der Waals surface area contributed by atoms with Crippen LogP contribution in [-0.2, 0) is 52.7 Å². The highest BCUT2D eigenvalue weighted by molar-refractivity contribution is 5.98. The number of unbranched alkanes of at least 4 members (excludes halogenated alkanes) is 9. The molecule has 0 aliphatic carbocycles. The van der Waals surface area contributed by atoms with Crippen LogP contribution in [0.15, 0.2) is 0 Å². The molecule has 1 saturated heterocycles. The van der Waals surface area contributed by atoms with E-state index < -0.39 is 133 Å². The smallest absolute Gasteiger partial charge is 0.329 e. The van der Waals surface area contributed by atoms with Crippen molar-refractivity contribution in [2.24, 2.45) is 29.6 Å². The first-order valence-corrected chi connectivity index (χ1v) is 27.5. The van der Waals surface area contributed by atoms with Gasteiger partial charge in [0.05, 0.1) is 12.8 Å². The standard InChI is InChI=1S/C54H95N7O13/c1-12-14-15-16-17-18-19-20-21-22-23-37-30-44(62)55-38(24-25-45(63)64)48(67)56-39(26-32(3)4)49(68)57-40(27-33(5)6)50(69)58-41(28-34(7)8)51(70)60-43(31-46(65)66)52(71)59-42(29-35(9)10)53(72)61-47(36(11)13-2)54(73)74-37/h32-43,47H,12-31H2,1-11H3,(H,55,62)(H,56,67)(H,57,68)(H,58,69)(H,59,71)(H,60,70)(H,61,72)(H,63,64)(H,65,66). The summed E-state index contributed by atoms with van der Waals surface area (Å²) in [5.41, 5.74) is 0. The van der Waals surface area contributed by atoms with Gasteiger partial charge in [-0.15, -0.1) is 0 Å². The van der Waals surface area contributed by atoms with Crippen molar-refractivity contribution in [1.29, 1.82) is 0 Å². The van der Waals surface area contributed by atoms with Gasteiger partial charge in [-0.05, 0) is 74.5 Å². The Kier molecular flexibility index (Phi) is 32.3. The predicted octanol–water partition coefficient (Wildman–Crippen LogP) is 5.58. The number of hydrogen-bond donors (Lipinski definition) is 9. The molecule has 20 heteroatoms.